The molecule has 0 radical (unpaired) electrons. The molecular formula is C15H12ClFN2O. The van der Waals surface area contributed by atoms with E-state index in [0.717, 1.165) is 11.3 Å². The molecule has 2 N–H and O–H groups in total. The van der Waals surface area contributed by atoms with Gasteiger partial charge in [-0.1, -0.05) is 17.7 Å². The molecule has 3 rings (SSSR count). The Morgan fingerprint density at radius 1 is 1.25 bits per heavy atom. The molecule has 0 unspecified atom stereocenters. The summed E-state index contributed by atoms with van der Waals surface area (Å²) in [4.78, 5) is 13.7. The van der Waals surface area contributed by atoms with Crippen LogP contribution in [0.1, 0.15) is 11.1 Å². The maximum absolute atomic E-state index is 13.0. The van der Waals surface area contributed by atoms with E-state index in [0.29, 0.717) is 29.2 Å². The monoisotopic (exact) mass is 290 g/mol. The van der Waals surface area contributed by atoms with E-state index in [2.05, 4.69) is 0 Å². The molecule has 0 spiro atoms. The van der Waals surface area contributed by atoms with Crippen LogP contribution in [0.2, 0.25) is 5.02 Å². The lowest BCUT2D eigenvalue weighted by Crippen LogP contribution is -2.26. The zero-order valence-electron chi connectivity index (χ0n) is 10.6. The summed E-state index contributed by atoms with van der Waals surface area (Å²) in [6.07, 6.45) is 0.333. The second-order valence-corrected chi connectivity index (χ2v) is 5.19. The third-order valence-electron chi connectivity index (χ3n) is 3.38. The Hall–Kier alpha value is -2.07. The van der Waals surface area contributed by atoms with Crippen molar-refractivity contribution in [1.82, 2.24) is 0 Å². The van der Waals surface area contributed by atoms with Crippen LogP contribution in [-0.4, -0.2) is 5.91 Å². The predicted molar refractivity (Wildman–Crippen MR) is 77.2 cm³/mol. The van der Waals surface area contributed by atoms with Crippen LogP contribution in [0.4, 0.5) is 15.8 Å². The first kappa shape index (κ1) is 12.9. The van der Waals surface area contributed by atoms with E-state index in [9.17, 15) is 9.18 Å². The first-order valence-corrected chi connectivity index (χ1v) is 6.55. The fraction of sp³-hybridized carbons (Fsp3) is 0.133. The van der Waals surface area contributed by atoms with Crippen molar-refractivity contribution in [2.45, 2.75) is 13.0 Å². The number of nitrogens with zero attached hydrogens (tertiary/aromatic N) is 1. The molecule has 0 saturated carbocycles. The Bertz CT molecular complexity index is 702. The van der Waals surface area contributed by atoms with Crippen LogP contribution in [0.25, 0.3) is 0 Å². The number of fused-ring (bicyclic) bond motifs is 1. The lowest BCUT2D eigenvalue weighted by molar-refractivity contribution is -0.117. The van der Waals surface area contributed by atoms with Crippen molar-refractivity contribution in [1.29, 1.82) is 0 Å². The molecule has 1 heterocycles. The summed E-state index contributed by atoms with van der Waals surface area (Å²) in [5, 5.41) is 0.321. The predicted octanol–water partition coefficient (Wildman–Crippen LogP) is 3.15. The van der Waals surface area contributed by atoms with E-state index in [-0.39, 0.29) is 11.7 Å². The quantitative estimate of drug-likeness (QED) is 0.864. The molecule has 0 aromatic heterocycles. The molecule has 5 heteroatoms. The minimum atomic E-state index is -0.389. The Morgan fingerprint density at radius 3 is 2.80 bits per heavy atom. The third-order valence-corrected chi connectivity index (χ3v) is 3.73. The van der Waals surface area contributed by atoms with Gasteiger partial charge in [0, 0.05) is 16.4 Å². The number of carbonyl (C=O) groups is 1. The summed E-state index contributed by atoms with van der Waals surface area (Å²) in [5.41, 5.74) is 8.82. The first-order valence-electron chi connectivity index (χ1n) is 6.17. The molecule has 20 heavy (non-hydrogen) atoms. The molecule has 3 nitrogen and oxygen atoms in total. The molecule has 2 aromatic rings. The van der Waals surface area contributed by atoms with Gasteiger partial charge in [0.05, 0.1) is 13.0 Å². The van der Waals surface area contributed by atoms with Gasteiger partial charge in [0.1, 0.15) is 5.82 Å². The van der Waals surface area contributed by atoms with Gasteiger partial charge >= 0.3 is 0 Å². The van der Waals surface area contributed by atoms with Crippen molar-refractivity contribution in [2.75, 3.05) is 10.6 Å². The number of nitrogen functional groups attached to an aromatic ring is 1. The third kappa shape index (κ3) is 2.23. The van der Waals surface area contributed by atoms with E-state index in [1.165, 1.54) is 12.1 Å². The van der Waals surface area contributed by atoms with Crippen LogP contribution in [0.15, 0.2) is 36.4 Å². The first-order chi connectivity index (χ1) is 9.54. The van der Waals surface area contributed by atoms with Crippen molar-refractivity contribution >= 4 is 28.9 Å². The molecule has 1 amide bonds. The fourth-order valence-electron chi connectivity index (χ4n) is 2.40. The van der Waals surface area contributed by atoms with Gasteiger partial charge in [-0.25, -0.2) is 4.39 Å². The number of hydrogen-bond acceptors (Lipinski definition) is 2. The number of halogens is 2. The summed E-state index contributed by atoms with van der Waals surface area (Å²) in [6, 6.07) is 9.58. The SMILES string of the molecule is Nc1ccc2c(c1)CC(=O)N2Cc1ccc(F)cc1Cl. The maximum Gasteiger partial charge on any atom is 0.231 e. The minimum Gasteiger partial charge on any atom is -0.399 e. The van der Waals surface area contributed by atoms with Crippen molar-refractivity contribution in [3.63, 3.8) is 0 Å². The normalized spacial score (nSPS) is 13.7. The maximum atomic E-state index is 13.0. The number of nitrogens with two attached hydrogens (primary N) is 1. The highest BCUT2D eigenvalue weighted by Gasteiger charge is 2.27. The van der Waals surface area contributed by atoms with Crippen molar-refractivity contribution < 1.29 is 9.18 Å². The van der Waals surface area contributed by atoms with Crippen LogP contribution < -0.4 is 10.6 Å². The highest BCUT2D eigenvalue weighted by Crippen LogP contribution is 2.32. The molecule has 0 aliphatic carbocycles. The highest BCUT2D eigenvalue weighted by atomic mass is 35.5. The number of hydrogen-bond donors (Lipinski definition) is 1. The summed E-state index contributed by atoms with van der Waals surface area (Å²) in [6.45, 7) is 0.328. The smallest absolute Gasteiger partial charge is 0.231 e. The van der Waals surface area contributed by atoms with Crippen LogP contribution in [0, 0.1) is 5.82 Å². The second kappa shape index (κ2) is 4.80. The fourth-order valence-corrected chi connectivity index (χ4v) is 2.62. The summed E-state index contributed by atoms with van der Waals surface area (Å²) in [5.74, 6) is -0.398. The molecule has 2 aromatic carbocycles. The number of carbonyl (C=O) groups excluding carboxylic acids is 1. The Morgan fingerprint density at radius 2 is 2.05 bits per heavy atom. The largest absolute Gasteiger partial charge is 0.399 e. The van der Waals surface area contributed by atoms with Crippen molar-refractivity contribution in [2.24, 2.45) is 0 Å². The van der Waals surface area contributed by atoms with Crippen molar-refractivity contribution in [3.05, 3.63) is 58.4 Å². The zero-order chi connectivity index (χ0) is 14.3. The molecular weight excluding hydrogens is 279 g/mol. The Labute approximate surface area is 120 Å². The van der Waals surface area contributed by atoms with Gasteiger partial charge in [-0.15, -0.1) is 0 Å². The summed E-state index contributed by atoms with van der Waals surface area (Å²) in [7, 11) is 0. The average molecular weight is 291 g/mol. The van der Waals surface area contributed by atoms with E-state index >= 15 is 0 Å². The van der Waals surface area contributed by atoms with Gasteiger partial charge in [0.25, 0.3) is 0 Å². The number of benzene rings is 2. The van der Waals surface area contributed by atoms with Gasteiger partial charge in [-0.2, -0.15) is 0 Å². The minimum absolute atomic E-state index is 0.00834. The van der Waals surface area contributed by atoms with Crippen LogP contribution in [-0.2, 0) is 17.8 Å². The lowest BCUT2D eigenvalue weighted by atomic mass is 10.1. The summed E-state index contributed by atoms with van der Waals surface area (Å²) < 4.78 is 13.0. The molecule has 0 saturated heterocycles. The van der Waals surface area contributed by atoms with E-state index in [4.69, 9.17) is 17.3 Å². The second-order valence-electron chi connectivity index (χ2n) is 4.78. The molecule has 0 atom stereocenters. The van der Waals surface area contributed by atoms with Gasteiger partial charge in [-0.05, 0) is 41.5 Å². The van der Waals surface area contributed by atoms with Gasteiger partial charge in [-0.3, -0.25) is 4.79 Å². The van der Waals surface area contributed by atoms with E-state index < -0.39 is 0 Å². The van der Waals surface area contributed by atoms with E-state index in [1.54, 1.807) is 23.1 Å². The molecule has 102 valence electrons. The molecule has 0 fully saturated rings. The average Bonchev–Trinajstić information content (AvgIpc) is 2.68. The van der Waals surface area contributed by atoms with Crippen LogP contribution in [0.5, 0.6) is 0 Å². The lowest BCUT2D eigenvalue weighted by Gasteiger charge is -2.18. The van der Waals surface area contributed by atoms with Crippen molar-refractivity contribution in [3.8, 4) is 0 Å². The van der Waals surface area contributed by atoms with Crippen LogP contribution in [0.3, 0.4) is 0 Å². The van der Waals surface area contributed by atoms with Gasteiger partial charge in [0.2, 0.25) is 5.91 Å². The highest BCUT2D eigenvalue weighted by molar-refractivity contribution is 6.31. The number of rotatable bonds is 2. The standard InChI is InChI=1S/C15H12ClFN2O/c16-13-7-11(17)2-1-9(13)8-19-14-4-3-12(18)5-10(14)6-15(19)20/h1-5,7H,6,8,18H2. The van der Waals surface area contributed by atoms with Crippen LogP contribution >= 0.6 is 11.6 Å². The number of amides is 1. The van der Waals surface area contributed by atoms with E-state index in [1.807, 2.05) is 6.07 Å². The van der Waals surface area contributed by atoms with Gasteiger partial charge in [0.15, 0.2) is 0 Å². The Balaban J connectivity index is 1.94. The van der Waals surface area contributed by atoms with Gasteiger partial charge < -0.3 is 10.6 Å². The zero-order valence-corrected chi connectivity index (χ0v) is 11.3. The molecule has 0 bridgehead atoms. The molecule has 1 aliphatic heterocycles. The topological polar surface area (TPSA) is 46.3 Å². The Kier molecular flexibility index (Phi) is 3.10. The molecule has 1 aliphatic rings. The summed E-state index contributed by atoms with van der Waals surface area (Å²) >= 11 is 6.01. The number of anilines is 2.